The van der Waals surface area contributed by atoms with E-state index >= 15 is 0 Å². The normalized spacial score (nSPS) is 11.1. The van der Waals surface area contributed by atoms with Crippen LogP contribution in [0.4, 0.5) is 23.1 Å². The van der Waals surface area contributed by atoms with Gasteiger partial charge in [-0.15, -0.1) is 0 Å². The number of rotatable bonds is 6. The smallest absolute Gasteiger partial charge is 0.250 e. The molecule has 9 nitrogen and oxygen atoms in total. The maximum absolute atomic E-state index is 11.7. The van der Waals surface area contributed by atoms with Gasteiger partial charge in [-0.05, 0) is 66.7 Å². The SMILES string of the molecule is CN(c1ccc2ncccc2c1)c1ccnc(Nc2ccc(-c3nc4c(C(N)=O)cccc4[nH]3)cc2)n1. The molecule has 6 aromatic rings. The molecule has 0 bridgehead atoms. The lowest BCUT2D eigenvalue weighted by atomic mass is 10.2. The molecule has 3 aromatic carbocycles. The minimum absolute atomic E-state index is 0.389. The lowest BCUT2D eigenvalue weighted by Gasteiger charge is -2.19. The maximum Gasteiger partial charge on any atom is 0.250 e. The minimum atomic E-state index is -0.506. The zero-order chi connectivity index (χ0) is 25.4. The van der Waals surface area contributed by atoms with Crippen molar-refractivity contribution in [2.75, 3.05) is 17.3 Å². The molecule has 0 aliphatic heterocycles. The van der Waals surface area contributed by atoms with Gasteiger partial charge in [0.2, 0.25) is 5.95 Å². The van der Waals surface area contributed by atoms with Crippen LogP contribution >= 0.6 is 0 Å². The van der Waals surface area contributed by atoms with Gasteiger partial charge in [0.05, 0.1) is 16.6 Å². The summed E-state index contributed by atoms with van der Waals surface area (Å²) in [7, 11) is 1.97. The molecule has 0 saturated carbocycles. The zero-order valence-electron chi connectivity index (χ0n) is 19.9. The number of H-pyrrole nitrogens is 1. The molecular weight excluding hydrogens is 464 g/mol. The molecule has 3 heterocycles. The Bertz CT molecular complexity index is 1760. The van der Waals surface area contributed by atoms with Gasteiger partial charge in [-0.2, -0.15) is 4.98 Å². The molecule has 4 N–H and O–H groups in total. The molecule has 0 atom stereocenters. The van der Waals surface area contributed by atoms with Crippen LogP contribution in [0.3, 0.4) is 0 Å². The Labute approximate surface area is 212 Å². The molecule has 180 valence electrons. The van der Waals surface area contributed by atoms with Crippen LogP contribution < -0.4 is 16.0 Å². The number of aromatic amines is 1. The second kappa shape index (κ2) is 9.04. The van der Waals surface area contributed by atoms with Crippen molar-refractivity contribution in [3.63, 3.8) is 0 Å². The molecule has 1 amide bonds. The fourth-order valence-electron chi connectivity index (χ4n) is 4.21. The number of nitrogens with one attached hydrogen (secondary N) is 2. The van der Waals surface area contributed by atoms with E-state index in [0.29, 0.717) is 22.9 Å². The number of nitrogens with zero attached hydrogens (tertiary/aromatic N) is 5. The zero-order valence-corrected chi connectivity index (χ0v) is 19.9. The average Bonchev–Trinajstić information content (AvgIpc) is 3.37. The molecule has 0 unspecified atom stereocenters. The fourth-order valence-corrected chi connectivity index (χ4v) is 4.21. The predicted molar refractivity (Wildman–Crippen MR) is 145 cm³/mol. The van der Waals surface area contributed by atoms with Crippen LogP contribution in [0.1, 0.15) is 10.4 Å². The summed E-state index contributed by atoms with van der Waals surface area (Å²) in [5, 5.41) is 4.32. The lowest BCUT2D eigenvalue weighted by Crippen LogP contribution is -2.12. The molecule has 0 radical (unpaired) electrons. The van der Waals surface area contributed by atoms with E-state index in [-0.39, 0.29) is 0 Å². The van der Waals surface area contributed by atoms with Crippen LogP contribution in [-0.2, 0) is 0 Å². The molecule has 0 fully saturated rings. The van der Waals surface area contributed by atoms with E-state index in [0.717, 1.165) is 39.2 Å². The van der Waals surface area contributed by atoms with E-state index in [1.807, 2.05) is 72.6 Å². The number of primary amides is 1. The number of aromatic nitrogens is 5. The number of para-hydroxylation sites is 1. The van der Waals surface area contributed by atoms with Crippen LogP contribution in [0.5, 0.6) is 0 Å². The van der Waals surface area contributed by atoms with Gasteiger partial charge in [-0.1, -0.05) is 12.1 Å². The number of anilines is 4. The average molecular weight is 487 g/mol. The molecule has 0 spiro atoms. The van der Waals surface area contributed by atoms with Crippen molar-refractivity contribution < 1.29 is 4.79 Å². The number of nitrogens with two attached hydrogens (primary N) is 1. The number of hydrogen-bond donors (Lipinski definition) is 3. The van der Waals surface area contributed by atoms with Crippen LogP contribution in [0.25, 0.3) is 33.3 Å². The molecule has 3 aromatic heterocycles. The Hall–Kier alpha value is -5.31. The monoisotopic (exact) mass is 486 g/mol. The Morgan fingerprint density at radius 1 is 0.919 bits per heavy atom. The van der Waals surface area contributed by atoms with Crippen LogP contribution in [-0.4, -0.2) is 37.9 Å². The fraction of sp³-hybridized carbons (Fsp3) is 0.0357. The Balaban J connectivity index is 1.22. The Morgan fingerprint density at radius 2 is 1.78 bits per heavy atom. The number of hydrogen-bond acceptors (Lipinski definition) is 7. The van der Waals surface area contributed by atoms with E-state index in [1.165, 1.54) is 0 Å². The van der Waals surface area contributed by atoms with Crippen LogP contribution in [0.2, 0.25) is 0 Å². The third-order valence-electron chi connectivity index (χ3n) is 6.15. The summed E-state index contributed by atoms with van der Waals surface area (Å²) in [5.41, 5.74) is 10.8. The number of fused-ring (bicyclic) bond motifs is 2. The molecule has 9 heteroatoms. The Kier molecular flexibility index (Phi) is 5.42. The summed E-state index contributed by atoms with van der Waals surface area (Å²) in [6.07, 6.45) is 3.51. The van der Waals surface area contributed by atoms with E-state index in [1.54, 1.807) is 24.5 Å². The van der Waals surface area contributed by atoms with Crippen molar-refractivity contribution >= 4 is 51.0 Å². The van der Waals surface area contributed by atoms with Crippen molar-refractivity contribution in [1.29, 1.82) is 0 Å². The van der Waals surface area contributed by atoms with Crippen molar-refractivity contribution in [3.8, 4) is 11.4 Å². The van der Waals surface area contributed by atoms with Crippen LogP contribution in [0.15, 0.2) is 91.3 Å². The van der Waals surface area contributed by atoms with Crippen molar-refractivity contribution in [3.05, 3.63) is 96.8 Å². The highest BCUT2D eigenvalue weighted by molar-refractivity contribution is 6.04. The van der Waals surface area contributed by atoms with Crippen molar-refractivity contribution in [2.24, 2.45) is 5.73 Å². The van der Waals surface area contributed by atoms with E-state index < -0.39 is 5.91 Å². The summed E-state index contributed by atoms with van der Waals surface area (Å²) in [6, 6.07) is 25.0. The van der Waals surface area contributed by atoms with E-state index in [4.69, 9.17) is 5.73 Å². The first kappa shape index (κ1) is 22.2. The van der Waals surface area contributed by atoms with Gasteiger partial charge in [0.25, 0.3) is 5.91 Å². The van der Waals surface area contributed by atoms with Gasteiger partial charge in [0, 0.05) is 41.8 Å². The third kappa shape index (κ3) is 4.30. The summed E-state index contributed by atoms with van der Waals surface area (Å²) in [5.74, 6) is 1.38. The predicted octanol–water partition coefficient (Wildman–Crippen LogP) is 5.18. The van der Waals surface area contributed by atoms with E-state index in [2.05, 4.69) is 36.3 Å². The van der Waals surface area contributed by atoms with Gasteiger partial charge >= 0.3 is 0 Å². The standard InChI is InChI=1S/C28H22N8O/c1-36(20-11-12-22-18(16-20)4-3-14-30-22)24-13-15-31-28(34-24)32-19-9-7-17(8-10-19)27-33-23-6-2-5-21(26(29)37)25(23)35-27/h2-16H,1H3,(H2,29,37)(H,33,35)(H,31,32,34). The quantitative estimate of drug-likeness (QED) is 0.296. The number of pyridine rings is 1. The lowest BCUT2D eigenvalue weighted by molar-refractivity contribution is 0.100. The maximum atomic E-state index is 11.7. The molecule has 0 aliphatic rings. The van der Waals surface area contributed by atoms with Gasteiger partial charge in [-0.3, -0.25) is 9.78 Å². The first-order chi connectivity index (χ1) is 18.0. The summed E-state index contributed by atoms with van der Waals surface area (Å²) >= 11 is 0. The van der Waals surface area contributed by atoms with Gasteiger partial charge < -0.3 is 20.9 Å². The molecule has 0 saturated heterocycles. The second-order valence-corrected chi connectivity index (χ2v) is 8.53. The summed E-state index contributed by atoms with van der Waals surface area (Å²) < 4.78 is 0. The molecular formula is C28H22N8O. The largest absolute Gasteiger partial charge is 0.366 e. The van der Waals surface area contributed by atoms with Gasteiger partial charge in [-0.25, -0.2) is 9.97 Å². The second-order valence-electron chi connectivity index (χ2n) is 8.53. The third-order valence-corrected chi connectivity index (χ3v) is 6.15. The van der Waals surface area contributed by atoms with Gasteiger partial charge in [0.15, 0.2) is 0 Å². The highest BCUT2D eigenvalue weighted by Crippen LogP contribution is 2.27. The van der Waals surface area contributed by atoms with E-state index in [9.17, 15) is 4.79 Å². The number of benzene rings is 3. The first-order valence-corrected chi connectivity index (χ1v) is 11.6. The molecule has 0 aliphatic carbocycles. The van der Waals surface area contributed by atoms with Crippen LogP contribution in [0, 0.1) is 0 Å². The topological polar surface area (TPSA) is 126 Å². The number of carbonyl (C=O) groups excluding carboxylic acids is 1. The minimum Gasteiger partial charge on any atom is -0.366 e. The highest BCUT2D eigenvalue weighted by Gasteiger charge is 2.13. The molecule has 6 rings (SSSR count). The van der Waals surface area contributed by atoms with Gasteiger partial charge in [0.1, 0.15) is 17.2 Å². The Morgan fingerprint density at radius 3 is 2.62 bits per heavy atom. The summed E-state index contributed by atoms with van der Waals surface area (Å²) in [6.45, 7) is 0. The molecule has 37 heavy (non-hydrogen) atoms. The number of imidazole rings is 1. The van der Waals surface area contributed by atoms with Crippen molar-refractivity contribution in [1.82, 2.24) is 24.9 Å². The first-order valence-electron chi connectivity index (χ1n) is 11.6. The number of carbonyl (C=O) groups is 1. The number of amides is 1. The van der Waals surface area contributed by atoms with Crippen molar-refractivity contribution in [2.45, 2.75) is 0 Å². The highest BCUT2D eigenvalue weighted by atomic mass is 16.1. The summed E-state index contributed by atoms with van der Waals surface area (Å²) in [4.78, 5) is 35.0.